The fourth-order valence-electron chi connectivity index (χ4n) is 3.60. The number of aromatic nitrogens is 1. The smallest absolute Gasteiger partial charge is 0.219 e. The summed E-state index contributed by atoms with van der Waals surface area (Å²) in [5.74, 6) is 2.07. The second kappa shape index (κ2) is 6.13. The molecule has 4 nitrogen and oxygen atoms in total. The first-order valence-electron chi connectivity index (χ1n) is 8.25. The summed E-state index contributed by atoms with van der Waals surface area (Å²) in [4.78, 5) is 19.1. The van der Waals surface area contributed by atoms with Crippen LogP contribution >= 0.6 is 0 Å². The van der Waals surface area contributed by atoms with Crippen molar-refractivity contribution in [2.45, 2.75) is 25.3 Å². The Bertz CT molecular complexity index is 676. The molecule has 0 N–H and O–H groups in total. The van der Waals surface area contributed by atoms with E-state index in [0.29, 0.717) is 17.6 Å². The predicted octanol–water partition coefficient (Wildman–Crippen LogP) is 3.08. The number of fused-ring (bicyclic) bond motifs is 3. The zero-order valence-electron chi connectivity index (χ0n) is 13.0. The van der Waals surface area contributed by atoms with E-state index in [4.69, 9.17) is 4.74 Å². The molecule has 2 aromatic rings. The zero-order chi connectivity index (χ0) is 15.6. The third-order valence-electron chi connectivity index (χ3n) is 4.89. The van der Waals surface area contributed by atoms with Gasteiger partial charge in [-0.1, -0.05) is 24.3 Å². The van der Waals surface area contributed by atoms with E-state index in [-0.39, 0.29) is 6.04 Å². The first kappa shape index (κ1) is 14.4. The molecular formula is C19H20N2O2. The third-order valence-corrected chi connectivity index (χ3v) is 4.89. The van der Waals surface area contributed by atoms with Gasteiger partial charge in [0.05, 0.1) is 6.04 Å². The van der Waals surface area contributed by atoms with Gasteiger partial charge in [-0.2, -0.15) is 0 Å². The van der Waals surface area contributed by atoms with E-state index in [9.17, 15) is 4.79 Å². The molecule has 0 spiro atoms. The molecule has 0 aliphatic carbocycles. The highest BCUT2D eigenvalue weighted by Crippen LogP contribution is 2.30. The molecule has 0 radical (unpaired) electrons. The summed E-state index contributed by atoms with van der Waals surface area (Å²) in [6.07, 6.45) is 4.66. The van der Waals surface area contributed by atoms with Crippen molar-refractivity contribution in [3.8, 4) is 11.6 Å². The molecule has 3 fully saturated rings. The molecule has 2 bridgehead atoms. The van der Waals surface area contributed by atoms with E-state index in [1.54, 1.807) is 0 Å². The molecule has 0 saturated carbocycles. The number of piperidine rings is 3. The quantitative estimate of drug-likeness (QED) is 0.870. The normalized spacial score (nSPS) is 26.3. The highest BCUT2D eigenvalue weighted by atomic mass is 16.5. The van der Waals surface area contributed by atoms with E-state index in [1.807, 2.05) is 48.7 Å². The van der Waals surface area contributed by atoms with Crippen molar-refractivity contribution in [2.24, 2.45) is 5.92 Å². The number of Topliss-reactive ketones (excluding diaryl/α,β-unsaturated/α-hetero) is 1. The maximum absolute atomic E-state index is 12.4. The number of ketones is 1. The number of benzene rings is 1. The Balaban J connectivity index is 1.43. The maximum atomic E-state index is 12.4. The molecule has 4 heterocycles. The lowest BCUT2D eigenvalue weighted by Crippen LogP contribution is -2.56. The summed E-state index contributed by atoms with van der Waals surface area (Å²) in [6, 6.07) is 13.6. The molecule has 5 rings (SSSR count). The van der Waals surface area contributed by atoms with Crippen LogP contribution in [0, 0.1) is 5.92 Å². The molecule has 23 heavy (non-hydrogen) atoms. The number of nitrogens with zero attached hydrogens (tertiary/aromatic N) is 2. The van der Waals surface area contributed by atoms with Crippen molar-refractivity contribution in [3.63, 3.8) is 0 Å². The van der Waals surface area contributed by atoms with Crippen molar-refractivity contribution in [1.29, 1.82) is 0 Å². The molecule has 1 aromatic heterocycles. The fraction of sp³-hybridized carbons (Fsp3) is 0.368. The molecular weight excluding hydrogens is 288 g/mol. The second-order valence-electron chi connectivity index (χ2n) is 6.35. The number of ether oxygens (including phenoxy) is 1. The lowest BCUT2D eigenvalue weighted by Gasteiger charge is -2.44. The van der Waals surface area contributed by atoms with Crippen LogP contribution in [0.3, 0.4) is 0 Å². The van der Waals surface area contributed by atoms with Gasteiger partial charge < -0.3 is 4.74 Å². The summed E-state index contributed by atoms with van der Waals surface area (Å²) in [6.45, 7) is 2.12. The lowest BCUT2D eigenvalue weighted by atomic mass is 9.80. The third kappa shape index (κ3) is 2.99. The summed E-state index contributed by atoms with van der Waals surface area (Å²) < 4.78 is 5.71. The monoisotopic (exact) mass is 308 g/mol. The number of para-hydroxylation sites is 1. The van der Waals surface area contributed by atoms with Crippen LogP contribution in [0.5, 0.6) is 11.6 Å². The van der Waals surface area contributed by atoms with Gasteiger partial charge in [-0.15, -0.1) is 0 Å². The van der Waals surface area contributed by atoms with E-state index >= 15 is 0 Å². The van der Waals surface area contributed by atoms with Crippen LogP contribution in [-0.2, 0) is 11.2 Å². The Morgan fingerprint density at radius 1 is 1.09 bits per heavy atom. The van der Waals surface area contributed by atoms with E-state index in [1.165, 1.54) is 0 Å². The Labute approximate surface area is 136 Å². The van der Waals surface area contributed by atoms with Crippen LogP contribution in [0.25, 0.3) is 0 Å². The number of pyridine rings is 1. The number of hydrogen-bond acceptors (Lipinski definition) is 4. The van der Waals surface area contributed by atoms with Gasteiger partial charge in [0.2, 0.25) is 5.88 Å². The van der Waals surface area contributed by atoms with Crippen LogP contribution < -0.4 is 4.74 Å². The molecule has 3 aliphatic rings. The number of carbonyl (C=O) groups excluding carboxylic acids is 1. The van der Waals surface area contributed by atoms with Crippen LogP contribution in [0.15, 0.2) is 48.7 Å². The van der Waals surface area contributed by atoms with Crippen LogP contribution in [0.1, 0.15) is 18.4 Å². The van der Waals surface area contributed by atoms with Crippen molar-refractivity contribution < 1.29 is 9.53 Å². The molecule has 1 unspecified atom stereocenters. The minimum Gasteiger partial charge on any atom is -0.439 e. The Morgan fingerprint density at radius 3 is 2.52 bits per heavy atom. The van der Waals surface area contributed by atoms with Crippen LogP contribution in [0.2, 0.25) is 0 Å². The number of carbonyl (C=O) groups is 1. The Kier molecular flexibility index (Phi) is 3.83. The summed E-state index contributed by atoms with van der Waals surface area (Å²) in [5, 5.41) is 0. The van der Waals surface area contributed by atoms with Gasteiger partial charge in [-0.25, -0.2) is 4.98 Å². The predicted molar refractivity (Wildman–Crippen MR) is 87.5 cm³/mol. The van der Waals surface area contributed by atoms with Crippen molar-refractivity contribution in [2.75, 3.05) is 13.1 Å². The van der Waals surface area contributed by atoms with Gasteiger partial charge in [0.15, 0.2) is 5.78 Å². The van der Waals surface area contributed by atoms with Gasteiger partial charge in [0.1, 0.15) is 5.75 Å². The summed E-state index contributed by atoms with van der Waals surface area (Å²) in [7, 11) is 0. The first-order valence-corrected chi connectivity index (χ1v) is 8.25. The van der Waals surface area contributed by atoms with Crippen molar-refractivity contribution >= 4 is 5.78 Å². The van der Waals surface area contributed by atoms with E-state index in [0.717, 1.165) is 43.7 Å². The second-order valence-corrected chi connectivity index (χ2v) is 6.35. The average molecular weight is 308 g/mol. The van der Waals surface area contributed by atoms with Gasteiger partial charge in [0.25, 0.3) is 0 Å². The molecule has 0 amide bonds. The number of rotatable bonds is 4. The highest BCUT2D eigenvalue weighted by Gasteiger charge is 2.40. The summed E-state index contributed by atoms with van der Waals surface area (Å²) in [5.41, 5.74) is 1.09. The SMILES string of the molecule is O=C1C2CCN(CC2)C1Cc1ccc(Oc2ccccc2)nc1. The van der Waals surface area contributed by atoms with Crippen molar-refractivity contribution in [3.05, 3.63) is 54.2 Å². The number of hydrogen-bond donors (Lipinski definition) is 0. The zero-order valence-corrected chi connectivity index (χ0v) is 13.0. The minimum absolute atomic E-state index is 0.0465. The molecule has 4 heteroatoms. The molecule has 3 aliphatic heterocycles. The highest BCUT2D eigenvalue weighted by molar-refractivity contribution is 5.88. The Hall–Kier alpha value is -2.20. The van der Waals surface area contributed by atoms with Crippen molar-refractivity contribution in [1.82, 2.24) is 9.88 Å². The van der Waals surface area contributed by atoms with Gasteiger partial charge in [0, 0.05) is 18.2 Å². The Morgan fingerprint density at radius 2 is 1.87 bits per heavy atom. The van der Waals surface area contributed by atoms with Gasteiger partial charge in [-0.05, 0) is 50.0 Å². The van der Waals surface area contributed by atoms with Crippen LogP contribution in [-0.4, -0.2) is 34.8 Å². The van der Waals surface area contributed by atoms with Crippen LogP contribution in [0.4, 0.5) is 0 Å². The largest absolute Gasteiger partial charge is 0.439 e. The standard InChI is InChI=1S/C19H20N2O2/c22-19-15-8-10-21(11-9-15)17(19)12-14-6-7-18(20-13-14)23-16-4-2-1-3-5-16/h1-7,13,15,17H,8-12H2. The molecule has 1 aromatic carbocycles. The molecule has 118 valence electrons. The van der Waals surface area contributed by atoms with Gasteiger partial charge in [-0.3, -0.25) is 9.69 Å². The van der Waals surface area contributed by atoms with E-state index in [2.05, 4.69) is 9.88 Å². The first-order chi connectivity index (χ1) is 11.3. The minimum atomic E-state index is 0.0465. The molecule has 3 saturated heterocycles. The topological polar surface area (TPSA) is 42.4 Å². The molecule has 1 atom stereocenters. The fourth-order valence-corrected chi connectivity index (χ4v) is 3.60. The maximum Gasteiger partial charge on any atom is 0.219 e. The summed E-state index contributed by atoms with van der Waals surface area (Å²) >= 11 is 0. The average Bonchev–Trinajstić information content (AvgIpc) is 2.61. The van der Waals surface area contributed by atoms with Gasteiger partial charge >= 0.3 is 0 Å². The van der Waals surface area contributed by atoms with E-state index < -0.39 is 0 Å². The lowest BCUT2D eigenvalue weighted by molar-refractivity contribution is -0.136.